The van der Waals surface area contributed by atoms with Crippen LogP contribution < -0.4 is 20.1 Å². The zero-order valence-corrected chi connectivity index (χ0v) is 15.9. The summed E-state index contributed by atoms with van der Waals surface area (Å²) in [6.07, 6.45) is 0. The summed E-state index contributed by atoms with van der Waals surface area (Å²) in [5, 5.41) is 0. The lowest BCUT2D eigenvalue weighted by molar-refractivity contribution is 0.290. The van der Waals surface area contributed by atoms with Crippen LogP contribution in [0.4, 0.5) is 14.6 Å². The molecule has 0 bridgehead atoms. The van der Waals surface area contributed by atoms with Crippen LogP contribution in [0.3, 0.4) is 0 Å². The summed E-state index contributed by atoms with van der Waals surface area (Å²) in [7, 11) is 1.90. The zero-order valence-electron chi connectivity index (χ0n) is 15.9. The summed E-state index contributed by atoms with van der Waals surface area (Å²) in [6, 6.07) is 11.6. The van der Waals surface area contributed by atoms with Crippen LogP contribution in [0.5, 0.6) is 17.4 Å². The molecule has 2 heterocycles. The second kappa shape index (κ2) is 7.54. The van der Waals surface area contributed by atoms with Crippen molar-refractivity contribution in [3.05, 3.63) is 76.2 Å². The van der Waals surface area contributed by atoms with Gasteiger partial charge in [0, 0.05) is 25.7 Å². The Hall–Kier alpha value is -3.42. The van der Waals surface area contributed by atoms with Crippen molar-refractivity contribution >= 4 is 5.82 Å². The van der Waals surface area contributed by atoms with E-state index in [2.05, 4.69) is 4.98 Å². The van der Waals surface area contributed by atoms with Crippen molar-refractivity contribution in [2.75, 3.05) is 11.9 Å². The van der Waals surface area contributed by atoms with Gasteiger partial charge < -0.3 is 14.4 Å². The maximum atomic E-state index is 14.3. The first-order valence-electron chi connectivity index (χ1n) is 9.10. The molecular formula is C21H19F2N3O3. The molecule has 8 heteroatoms. The summed E-state index contributed by atoms with van der Waals surface area (Å²) in [5.74, 6) is 0.299. The number of halogens is 2. The minimum absolute atomic E-state index is 0.0184. The zero-order chi connectivity index (χ0) is 20.5. The van der Waals surface area contributed by atoms with Crippen LogP contribution in [0.25, 0.3) is 0 Å². The second-order valence-corrected chi connectivity index (χ2v) is 6.92. The van der Waals surface area contributed by atoms with Crippen molar-refractivity contribution < 1.29 is 18.3 Å². The van der Waals surface area contributed by atoms with Crippen molar-refractivity contribution in [3.8, 4) is 17.4 Å². The Balaban J connectivity index is 1.46. The third-order valence-electron chi connectivity index (χ3n) is 4.86. The predicted molar refractivity (Wildman–Crippen MR) is 104 cm³/mol. The molecule has 4 rings (SSSR count). The van der Waals surface area contributed by atoms with Gasteiger partial charge in [0.2, 0.25) is 5.88 Å². The number of aromatic nitrogens is 2. The van der Waals surface area contributed by atoms with Crippen molar-refractivity contribution in [2.24, 2.45) is 0 Å². The van der Waals surface area contributed by atoms with Gasteiger partial charge in [0.05, 0.1) is 0 Å². The molecule has 0 fully saturated rings. The normalized spacial score (nSPS) is 15.3. The molecule has 1 aromatic heterocycles. The molecular weight excluding hydrogens is 380 g/mol. The molecule has 0 saturated heterocycles. The van der Waals surface area contributed by atoms with Gasteiger partial charge in [-0.25, -0.2) is 13.6 Å². The van der Waals surface area contributed by atoms with Gasteiger partial charge >= 0.3 is 5.69 Å². The summed E-state index contributed by atoms with van der Waals surface area (Å²) in [5.41, 5.74) is 0.181. The molecule has 2 aromatic carbocycles. The molecule has 150 valence electrons. The molecule has 0 unspecified atom stereocenters. The van der Waals surface area contributed by atoms with Gasteiger partial charge in [0.25, 0.3) is 0 Å². The number of hydrogen-bond acceptors (Lipinski definition) is 5. The van der Waals surface area contributed by atoms with E-state index >= 15 is 0 Å². The second-order valence-electron chi connectivity index (χ2n) is 6.92. The van der Waals surface area contributed by atoms with Gasteiger partial charge in [0.15, 0.2) is 11.6 Å². The molecule has 6 nitrogen and oxygen atoms in total. The Morgan fingerprint density at radius 3 is 2.62 bits per heavy atom. The number of ether oxygens (including phenoxy) is 2. The lowest BCUT2D eigenvalue weighted by Crippen LogP contribution is -2.23. The van der Waals surface area contributed by atoms with Crippen LogP contribution in [-0.2, 0) is 13.2 Å². The van der Waals surface area contributed by atoms with Crippen LogP contribution >= 0.6 is 0 Å². The first-order chi connectivity index (χ1) is 13.9. The van der Waals surface area contributed by atoms with Crippen LogP contribution in [0.2, 0.25) is 0 Å². The van der Waals surface area contributed by atoms with Crippen molar-refractivity contribution in [1.29, 1.82) is 0 Å². The number of rotatable bonds is 5. The molecule has 0 amide bonds. The average molecular weight is 399 g/mol. The molecule has 0 radical (unpaired) electrons. The number of hydrogen-bond donors (Lipinski definition) is 0. The van der Waals surface area contributed by atoms with E-state index in [1.807, 2.05) is 18.9 Å². The fourth-order valence-electron chi connectivity index (χ4n) is 3.13. The van der Waals surface area contributed by atoms with Crippen LogP contribution in [0.1, 0.15) is 12.5 Å². The van der Waals surface area contributed by atoms with Crippen LogP contribution in [-0.4, -0.2) is 22.6 Å². The van der Waals surface area contributed by atoms with Gasteiger partial charge in [0.1, 0.15) is 24.0 Å². The summed E-state index contributed by atoms with van der Waals surface area (Å²) >= 11 is 0. The Bertz CT molecular complexity index is 1100. The van der Waals surface area contributed by atoms with E-state index in [1.54, 1.807) is 16.7 Å². The fraction of sp³-hybridized carbons (Fsp3) is 0.238. The highest BCUT2D eigenvalue weighted by atomic mass is 19.1. The highest BCUT2D eigenvalue weighted by Gasteiger charge is 2.25. The molecule has 29 heavy (non-hydrogen) atoms. The van der Waals surface area contributed by atoms with Crippen molar-refractivity contribution in [2.45, 2.75) is 26.1 Å². The molecule has 1 atom stereocenters. The molecule has 3 aromatic rings. The minimum atomic E-state index is -0.578. The first kappa shape index (κ1) is 18.9. The Morgan fingerprint density at radius 1 is 1.14 bits per heavy atom. The van der Waals surface area contributed by atoms with Crippen LogP contribution in [0, 0.1) is 11.6 Å². The summed E-state index contributed by atoms with van der Waals surface area (Å²) < 4.78 is 39.9. The van der Waals surface area contributed by atoms with E-state index in [4.69, 9.17) is 9.47 Å². The fourth-order valence-corrected chi connectivity index (χ4v) is 3.13. The van der Waals surface area contributed by atoms with Gasteiger partial charge in [-0.1, -0.05) is 6.07 Å². The standard InChI is InChI=1S/C21H19F2N3O3/c1-13-11-26-20(25(13)2)10-19(24-21(26)27)28-12-14-3-8-18(17(23)9-14)29-16-6-4-15(22)5-7-16/h3-10,13H,11-12H2,1-2H3/t13-/m0/s1. The SMILES string of the molecule is C[C@H]1Cn2c(cc(OCc3ccc(Oc4ccc(F)cc4)c(F)c3)nc2=O)N1C. The molecule has 0 spiro atoms. The Kier molecular flexibility index (Phi) is 4.92. The van der Waals surface area contributed by atoms with E-state index in [0.29, 0.717) is 17.9 Å². The number of nitrogens with zero attached hydrogens (tertiary/aromatic N) is 3. The third-order valence-corrected chi connectivity index (χ3v) is 4.86. The number of fused-ring (bicyclic) bond motifs is 1. The largest absolute Gasteiger partial charge is 0.473 e. The number of likely N-dealkylation sites (N-methyl/N-ethyl adjacent to an activating group) is 1. The summed E-state index contributed by atoms with van der Waals surface area (Å²) in [6.45, 7) is 2.65. The third kappa shape index (κ3) is 3.91. The quantitative estimate of drug-likeness (QED) is 0.654. The van der Waals surface area contributed by atoms with E-state index < -0.39 is 11.6 Å². The Morgan fingerprint density at radius 2 is 1.90 bits per heavy atom. The molecule has 0 N–H and O–H groups in total. The summed E-state index contributed by atoms with van der Waals surface area (Å²) in [4.78, 5) is 18.1. The average Bonchev–Trinajstić information content (AvgIpc) is 2.99. The highest BCUT2D eigenvalue weighted by Crippen LogP contribution is 2.27. The number of anilines is 1. The van der Waals surface area contributed by atoms with Crippen molar-refractivity contribution in [3.63, 3.8) is 0 Å². The predicted octanol–water partition coefficient (Wildman–Crippen LogP) is 3.73. The van der Waals surface area contributed by atoms with Gasteiger partial charge in [-0.15, -0.1) is 0 Å². The van der Waals surface area contributed by atoms with E-state index in [-0.39, 0.29) is 30.0 Å². The van der Waals surface area contributed by atoms with E-state index in [1.165, 1.54) is 36.4 Å². The topological polar surface area (TPSA) is 56.6 Å². The smallest absolute Gasteiger partial charge is 0.352 e. The lowest BCUT2D eigenvalue weighted by atomic mass is 10.2. The van der Waals surface area contributed by atoms with Gasteiger partial charge in [-0.2, -0.15) is 4.98 Å². The molecule has 1 aliphatic heterocycles. The number of benzene rings is 2. The molecule has 0 saturated carbocycles. The van der Waals surface area contributed by atoms with E-state index in [0.717, 1.165) is 5.82 Å². The Labute approximate surface area is 165 Å². The van der Waals surface area contributed by atoms with Crippen molar-refractivity contribution in [1.82, 2.24) is 9.55 Å². The van der Waals surface area contributed by atoms with Gasteiger partial charge in [-0.05, 0) is 48.9 Å². The molecule has 1 aliphatic rings. The van der Waals surface area contributed by atoms with E-state index in [9.17, 15) is 13.6 Å². The van der Waals surface area contributed by atoms with Gasteiger partial charge in [-0.3, -0.25) is 4.57 Å². The minimum Gasteiger partial charge on any atom is -0.473 e. The first-order valence-corrected chi connectivity index (χ1v) is 9.10. The van der Waals surface area contributed by atoms with Crippen LogP contribution in [0.15, 0.2) is 53.3 Å². The lowest BCUT2D eigenvalue weighted by Gasteiger charge is -2.16. The maximum Gasteiger partial charge on any atom is 0.352 e. The maximum absolute atomic E-state index is 14.3. The highest BCUT2D eigenvalue weighted by molar-refractivity contribution is 5.45. The monoisotopic (exact) mass is 399 g/mol. The molecule has 0 aliphatic carbocycles.